The van der Waals surface area contributed by atoms with Gasteiger partial charge in [-0.15, -0.1) is 0 Å². The normalized spacial score (nSPS) is 36.0. The average Bonchev–Trinajstić information content (AvgIpc) is 2.07. The molecule has 0 bridgehead atoms. The van der Waals surface area contributed by atoms with E-state index in [1.807, 2.05) is 0 Å². The lowest BCUT2D eigenvalue weighted by molar-refractivity contribution is 0.244. The number of hydrogen-bond donors (Lipinski definition) is 1. The third-order valence-corrected chi connectivity index (χ3v) is 3.12. The van der Waals surface area contributed by atoms with Crippen molar-refractivity contribution in [2.45, 2.75) is 52.5 Å². The summed E-state index contributed by atoms with van der Waals surface area (Å²) in [6.07, 6.45) is 5.14. The van der Waals surface area contributed by atoms with Gasteiger partial charge in [-0.25, -0.2) is 0 Å². The molecule has 1 nitrogen and oxygen atoms in total. The van der Waals surface area contributed by atoms with Gasteiger partial charge >= 0.3 is 0 Å². The summed E-state index contributed by atoms with van der Waals surface area (Å²) in [6, 6.07) is 0.474. The Balaban J connectivity index is 2.51. The minimum absolute atomic E-state index is 0.474. The van der Waals surface area contributed by atoms with Crippen molar-refractivity contribution >= 4 is 0 Å². The second-order valence-electron chi connectivity index (χ2n) is 4.67. The van der Waals surface area contributed by atoms with Crippen LogP contribution in [0, 0.1) is 11.3 Å². The maximum Gasteiger partial charge on any atom is 0.00468 e. The molecule has 0 radical (unpaired) electrons. The van der Waals surface area contributed by atoms with Crippen LogP contribution in [0.3, 0.4) is 0 Å². The quantitative estimate of drug-likeness (QED) is 0.651. The van der Waals surface area contributed by atoms with Gasteiger partial charge in [0.15, 0.2) is 0 Å². The topological polar surface area (TPSA) is 26.0 Å². The maximum atomic E-state index is 5.93. The predicted molar refractivity (Wildman–Crippen MR) is 49.4 cm³/mol. The van der Waals surface area contributed by atoms with E-state index >= 15 is 0 Å². The molecular weight excluding hydrogens is 134 g/mol. The fourth-order valence-electron chi connectivity index (χ4n) is 2.47. The highest BCUT2D eigenvalue weighted by atomic mass is 14.7. The molecule has 2 atom stereocenters. The average molecular weight is 155 g/mol. The van der Waals surface area contributed by atoms with Gasteiger partial charge < -0.3 is 5.73 Å². The molecule has 2 N–H and O–H groups in total. The first-order chi connectivity index (χ1) is 5.06. The van der Waals surface area contributed by atoms with E-state index in [1.165, 1.54) is 25.7 Å². The van der Waals surface area contributed by atoms with Crippen molar-refractivity contribution in [3.8, 4) is 0 Å². The Kier molecular flexibility index (Phi) is 2.58. The fourth-order valence-corrected chi connectivity index (χ4v) is 2.47. The van der Waals surface area contributed by atoms with Gasteiger partial charge in [-0.2, -0.15) is 0 Å². The van der Waals surface area contributed by atoms with Crippen molar-refractivity contribution in [2.75, 3.05) is 0 Å². The molecule has 0 saturated heterocycles. The van der Waals surface area contributed by atoms with Crippen LogP contribution in [0.15, 0.2) is 0 Å². The smallest absolute Gasteiger partial charge is 0.00468 e. The molecule has 1 saturated carbocycles. The van der Waals surface area contributed by atoms with E-state index in [0.29, 0.717) is 11.5 Å². The molecule has 11 heavy (non-hydrogen) atoms. The molecule has 0 heterocycles. The van der Waals surface area contributed by atoms with Gasteiger partial charge in [0.05, 0.1) is 0 Å². The van der Waals surface area contributed by atoms with Crippen molar-refractivity contribution in [1.29, 1.82) is 0 Å². The summed E-state index contributed by atoms with van der Waals surface area (Å²) in [5.41, 5.74) is 6.44. The van der Waals surface area contributed by atoms with Crippen LogP contribution in [-0.2, 0) is 0 Å². The van der Waals surface area contributed by atoms with Gasteiger partial charge in [0.1, 0.15) is 0 Å². The van der Waals surface area contributed by atoms with Crippen molar-refractivity contribution < 1.29 is 0 Å². The highest BCUT2D eigenvalue weighted by Crippen LogP contribution is 2.44. The first-order valence-electron chi connectivity index (χ1n) is 4.82. The monoisotopic (exact) mass is 155 g/mol. The predicted octanol–water partition coefficient (Wildman–Crippen LogP) is 2.55. The number of nitrogens with two attached hydrogens (primary N) is 1. The Bertz CT molecular complexity index is 129. The van der Waals surface area contributed by atoms with Crippen molar-refractivity contribution in [3.05, 3.63) is 0 Å². The van der Waals surface area contributed by atoms with Crippen LogP contribution in [0.25, 0.3) is 0 Å². The zero-order valence-electron chi connectivity index (χ0n) is 8.06. The Labute approximate surface area is 70.4 Å². The molecule has 0 aliphatic heterocycles. The lowest BCUT2D eigenvalue weighted by Crippen LogP contribution is -2.18. The summed E-state index contributed by atoms with van der Waals surface area (Å²) in [5.74, 6) is 0.877. The van der Waals surface area contributed by atoms with E-state index in [4.69, 9.17) is 5.73 Å². The molecule has 66 valence electrons. The molecule has 2 unspecified atom stereocenters. The highest BCUT2D eigenvalue weighted by molar-refractivity contribution is 4.91. The molecule has 1 aliphatic carbocycles. The minimum atomic E-state index is 0.474. The lowest BCUT2D eigenvalue weighted by atomic mass is 9.79. The standard InChI is InChI=1S/C10H21N/c1-4-5-8-6-9(11)7-10(8,2)3/h8-9H,4-7,11H2,1-3H3. The molecule has 1 aliphatic rings. The van der Waals surface area contributed by atoms with Gasteiger partial charge in [-0.05, 0) is 24.2 Å². The third-order valence-electron chi connectivity index (χ3n) is 3.12. The summed E-state index contributed by atoms with van der Waals surface area (Å²) in [7, 11) is 0. The van der Waals surface area contributed by atoms with E-state index in [9.17, 15) is 0 Å². The molecule has 0 spiro atoms. The molecule has 1 heteroatoms. The molecule has 1 fully saturated rings. The summed E-state index contributed by atoms with van der Waals surface area (Å²) >= 11 is 0. The molecule has 0 amide bonds. The molecule has 1 rings (SSSR count). The summed E-state index contributed by atoms with van der Waals surface area (Å²) in [4.78, 5) is 0. The van der Waals surface area contributed by atoms with E-state index in [0.717, 1.165) is 5.92 Å². The van der Waals surface area contributed by atoms with Gasteiger partial charge in [0.25, 0.3) is 0 Å². The zero-order chi connectivity index (χ0) is 8.48. The maximum absolute atomic E-state index is 5.93. The van der Waals surface area contributed by atoms with Crippen molar-refractivity contribution in [1.82, 2.24) is 0 Å². The van der Waals surface area contributed by atoms with E-state index in [-0.39, 0.29) is 0 Å². The molecule has 0 aromatic rings. The Morgan fingerprint density at radius 2 is 2.09 bits per heavy atom. The van der Waals surface area contributed by atoms with Crippen LogP contribution in [-0.4, -0.2) is 6.04 Å². The van der Waals surface area contributed by atoms with Crippen LogP contribution in [0.4, 0.5) is 0 Å². The summed E-state index contributed by atoms with van der Waals surface area (Å²) in [6.45, 7) is 6.99. The first-order valence-corrected chi connectivity index (χ1v) is 4.82. The second-order valence-corrected chi connectivity index (χ2v) is 4.67. The summed E-state index contributed by atoms with van der Waals surface area (Å²) < 4.78 is 0. The Hall–Kier alpha value is -0.0400. The Morgan fingerprint density at radius 3 is 2.45 bits per heavy atom. The molecular formula is C10H21N. The number of rotatable bonds is 2. The van der Waals surface area contributed by atoms with Gasteiger partial charge in [0, 0.05) is 6.04 Å². The van der Waals surface area contributed by atoms with Gasteiger partial charge in [0.2, 0.25) is 0 Å². The third kappa shape index (κ3) is 1.96. The van der Waals surface area contributed by atoms with Crippen LogP contribution in [0.2, 0.25) is 0 Å². The van der Waals surface area contributed by atoms with Gasteiger partial charge in [-0.1, -0.05) is 33.6 Å². The zero-order valence-corrected chi connectivity index (χ0v) is 8.06. The van der Waals surface area contributed by atoms with E-state index in [2.05, 4.69) is 20.8 Å². The minimum Gasteiger partial charge on any atom is -0.328 e. The van der Waals surface area contributed by atoms with Crippen LogP contribution in [0.5, 0.6) is 0 Å². The number of hydrogen-bond acceptors (Lipinski definition) is 1. The van der Waals surface area contributed by atoms with Crippen LogP contribution in [0.1, 0.15) is 46.5 Å². The van der Waals surface area contributed by atoms with E-state index in [1.54, 1.807) is 0 Å². The van der Waals surface area contributed by atoms with Gasteiger partial charge in [-0.3, -0.25) is 0 Å². The fraction of sp³-hybridized carbons (Fsp3) is 1.00. The molecule has 0 aromatic carbocycles. The summed E-state index contributed by atoms with van der Waals surface area (Å²) in [5, 5.41) is 0. The molecule has 0 aromatic heterocycles. The van der Waals surface area contributed by atoms with Crippen molar-refractivity contribution in [3.63, 3.8) is 0 Å². The largest absolute Gasteiger partial charge is 0.328 e. The second kappa shape index (κ2) is 3.14. The van der Waals surface area contributed by atoms with Crippen molar-refractivity contribution in [2.24, 2.45) is 17.1 Å². The first kappa shape index (κ1) is 9.05. The van der Waals surface area contributed by atoms with Crippen LogP contribution >= 0.6 is 0 Å². The SMILES string of the molecule is CCCC1CC(N)CC1(C)C. The van der Waals surface area contributed by atoms with E-state index < -0.39 is 0 Å². The van der Waals surface area contributed by atoms with Crippen LogP contribution < -0.4 is 5.73 Å². The lowest BCUT2D eigenvalue weighted by Gasteiger charge is -2.26. The highest BCUT2D eigenvalue weighted by Gasteiger charge is 2.37. The Morgan fingerprint density at radius 1 is 1.45 bits per heavy atom.